The molecule has 2 heterocycles. The van der Waals surface area contributed by atoms with Crippen LogP contribution in [-0.4, -0.2) is 15.0 Å². The number of hydrogen-bond acceptors (Lipinski definition) is 4. The molecule has 0 aromatic carbocycles. The Labute approximate surface area is 177 Å². The van der Waals surface area contributed by atoms with Crippen LogP contribution in [0.2, 0.25) is 0 Å². The van der Waals surface area contributed by atoms with Crippen LogP contribution in [0.5, 0.6) is 0 Å². The van der Waals surface area contributed by atoms with E-state index in [-0.39, 0.29) is 0 Å². The topological polar surface area (TPSA) is 51.8 Å². The molecule has 10 heteroatoms. The lowest BCUT2D eigenvalue weighted by Gasteiger charge is -2.16. The molecule has 0 radical (unpaired) electrons. The molecule has 0 unspecified atom stereocenters. The molecule has 0 amide bonds. The summed E-state index contributed by atoms with van der Waals surface area (Å²) in [4.78, 5) is 13.2. The van der Waals surface area contributed by atoms with Crippen LogP contribution in [0.4, 0.5) is 0 Å². The minimum absolute atomic E-state index is 0.469. The number of furan rings is 1. The third-order valence-electron chi connectivity index (χ3n) is 2.45. The lowest BCUT2D eigenvalue weighted by molar-refractivity contribution is 0.555. The molecule has 0 N–H and O–H groups in total. The average molecular weight is 689 g/mol. The second-order valence-electron chi connectivity index (χ2n) is 4.14. The molecule has 2 aromatic rings. The van der Waals surface area contributed by atoms with E-state index in [0.717, 1.165) is 11.3 Å². The highest BCUT2D eigenvalue weighted by atomic mass is 80.0. The van der Waals surface area contributed by atoms with Crippen molar-refractivity contribution in [2.45, 2.75) is 11.2 Å². The summed E-state index contributed by atoms with van der Waals surface area (Å²) in [6.07, 6.45) is 5.22. The minimum Gasteiger partial charge on any atom is -0.465 e. The minimum atomic E-state index is -0.744. The van der Waals surface area contributed by atoms with Crippen molar-refractivity contribution < 1.29 is 4.42 Å². The number of nitrogens with zero attached hydrogens (tertiary/aromatic N) is 3. The molecule has 22 heavy (non-hydrogen) atoms. The van der Waals surface area contributed by atoms with E-state index in [1.807, 2.05) is 19.1 Å². The second kappa shape index (κ2) is 7.43. The smallest absolute Gasteiger partial charge is 0.194 e. The van der Waals surface area contributed by atoms with Gasteiger partial charge in [0, 0.05) is 0 Å². The van der Waals surface area contributed by atoms with Gasteiger partial charge in [-0.05, 0) is 30.7 Å². The summed E-state index contributed by atoms with van der Waals surface area (Å²) in [5.74, 6) is 2.18. The maximum Gasteiger partial charge on any atom is 0.194 e. The van der Waals surface area contributed by atoms with E-state index in [2.05, 4.69) is 111 Å². The number of rotatable bonds is 2. The van der Waals surface area contributed by atoms with E-state index in [9.17, 15) is 0 Å². The molecule has 0 aliphatic carbocycles. The summed E-state index contributed by atoms with van der Waals surface area (Å²) < 4.78 is 3.88. The van der Waals surface area contributed by atoms with Crippen molar-refractivity contribution in [3.05, 3.63) is 41.1 Å². The van der Waals surface area contributed by atoms with Crippen LogP contribution < -0.4 is 0 Å². The number of aryl methyl sites for hydroxylation is 1. The van der Waals surface area contributed by atoms with Gasteiger partial charge in [-0.15, -0.1) is 0 Å². The van der Waals surface area contributed by atoms with E-state index in [4.69, 9.17) is 4.42 Å². The fraction of sp³-hybridized carbons (Fsp3) is 0.250. The molecule has 4 nitrogen and oxygen atoms in total. The third kappa shape index (κ3) is 5.20. The molecular formula is C12H7Br6N3O. The van der Waals surface area contributed by atoms with E-state index in [0.29, 0.717) is 17.5 Å². The van der Waals surface area contributed by atoms with Gasteiger partial charge >= 0.3 is 0 Å². The van der Waals surface area contributed by atoms with Crippen molar-refractivity contribution in [2.75, 3.05) is 0 Å². The van der Waals surface area contributed by atoms with Gasteiger partial charge in [-0.1, -0.05) is 95.6 Å². The molecule has 0 saturated heterocycles. The van der Waals surface area contributed by atoms with Crippen molar-refractivity contribution in [2.24, 2.45) is 0 Å². The van der Waals surface area contributed by atoms with E-state index >= 15 is 0 Å². The van der Waals surface area contributed by atoms with Crippen molar-refractivity contribution in [3.63, 3.8) is 0 Å². The number of aromatic nitrogens is 3. The van der Waals surface area contributed by atoms with Crippen molar-refractivity contribution in [1.82, 2.24) is 15.0 Å². The Kier molecular flexibility index (Phi) is 6.50. The molecule has 0 atom stereocenters. The molecule has 2 aromatic heterocycles. The average Bonchev–Trinajstić information content (AvgIpc) is 2.79. The predicted molar refractivity (Wildman–Crippen MR) is 109 cm³/mol. The summed E-state index contributed by atoms with van der Waals surface area (Å²) in [5, 5.41) is 0. The fourth-order valence-corrected chi connectivity index (χ4v) is 2.49. The van der Waals surface area contributed by atoms with Gasteiger partial charge < -0.3 is 4.42 Å². The molecule has 118 valence electrons. The van der Waals surface area contributed by atoms with Crippen LogP contribution in [0, 0.1) is 6.92 Å². The standard InChI is InChI=1S/C12H7Br6N3O/c1-6-4-5-22-7(6)2-3-8-19-9(11(13,14)15)21-10(20-8)12(16,17)18/h2-5H,1H3/b3-2+. The molecule has 0 aliphatic heterocycles. The van der Waals surface area contributed by atoms with Gasteiger partial charge in [-0.3, -0.25) is 0 Å². The summed E-state index contributed by atoms with van der Waals surface area (Å²) in [6, 6.07) is 1.89. The first-order valence-electron chi connectivity index (χ1n) is 5.70. The van der Waals surface area contributed by atoms with Gasteiger partial charge in [0.05, 0.1) is 6.26 Å². The Morgan fingerprint density at radius 1 is 0.909 bits per heavy atom. The second-order valence-corrected chi connectivity index (χ2v) is 17.7. The summed E-state index contributed by atoms with van der Waals surface area (Å²) in [6.45, 7) is 1.97. The Bertz CT molecular complexity index is 669. The molecular weight excluding hydrogens is 682 g/mol. The van der Waals surface area contributed by atoms with E-state index in [1.165, 1.54) is 0 Å². The van der Waals surface area contributed by atoms with E-state index < -0.39 is 4.29 Å². The van der Waals surface area contributed by atoms with Crippen LogP contribution in [0.15, 0.2) is 16.7 Å². The highest BCUT2D eigenvalue weighted by molar-refractivity contribution is 9.39. The van der Waals surface area contributed by atoms with Crippen LogP contribution in [-0.2, 0) is 4.29 Å². The molecule has 2 rings (SSSR count). The lowest BCUT2D eigenvalue weighted by atomic mass is 10.2. The van der Waals surface area contributed by atoms with E-state index in [1.54, 1.807) is 12.3 Å². The first kappa shape index (κ1) is 19.2. The van der Waals surface area contributed by atoms with Crippen molar-refractivity contribution >= 4 is 108 Å². The van der Waals surface area contributed by atoms with Crippen molar-refractivity contribution in [1.29, 1.82) is 0 Å². The van der Waals surface area contributed by atoms with Gasteiger partial charge in [0.25, 0.3) is 0 Å². The summed E-state index contributed by atoms with van der Waals surface area (Å²) >= 11 is 20.5. The third-order valence-corrected chi connectivity index (χ3v) is 4.57. The first-order valence-corrected chi connectivity index (χ1v) is 10.5. The summed E-state index contributed by atoms with van der Waals surface area (Å²) in [5.41, 5.74) is 1.04. The largest absolute Gasteiger partial charge is 0.465 e. The fourth-order valence-electron chi connectivity index (χ4n) is 1.43. The van der Waals surface area contributed by atoms with Gasteiger partial charge in [-0.2, -0.15) is 0 Å². The molecule has 0 spiro atoms. The Hall–Kier alpha value is 0.910. The molecule has 0 fully saturated rings. The highest BCUT2D eigenvalue weighted by Gasteiger charge is 2.31. The lowest BCUT2D eigenvalue weighted by Crippen LogP contribution is -2.15. The van der Waals surface area contributed by atoms with Crippen LogP contribution in [0.25, 0.3) is 12.2 Å². The maximum atomic E-state index is 5.37. The zero-order valence-electron chi connectivity index (χ0n) is 10.8. The molecule has 0 aliphatic rings. The maximum absolute atomic E-state index is 5.37. The number of alkyl halides is 6. The van der Waals surface area contributed by atoms with Crippen LogP contribution in [0.3, 0.4) is 0 Å². The first-order chi connectivity index (χ1) is 10.1. The normalized spacial score (nSPS) is 13.0. The Morgan fingerprint density at radius 3 is 1.86 bits per heavy atom. The number of halogens is 6. The molecule has 0 saturated carbocycles. The van der Waals surface area contributed by atoms with Gasteiger partial charge in [0.2, 0.25) is 0 Å². The SMILES string of the molecule is Cc1ccoc1/C=C/c1nc(C(Br)(Br)Br)nc(C(Br)(Br)Br)n1. The Balaban J connectivity index is 2.47. The zero-order valence-corrected chi connectivity index (χ0v) is 20.3. The van der Waals surface area contributed by atoms with Crippen LogP contribution >= 0.6 is 95.6 Å². The van der Waals surface area contributed by atoms with Gasteiger partial charge in [-0.25, -0.2) is 15.0 Å². The zero-order chi connectivity index (χ0) is 16.5. The Morgan fingerprint density at radius 2 is 1.45 bits per heavy atom. The quantitative estimate of drug-likeness (QED) is 0.337. The van der Waals surface area contributed by atoms with Gasteiger partial charge in [0.15, 0.2) is 21.8 Å². The van der Waals surface area contributed by atoms with Gasteiger partial charge in [0.1, 0.15) is 5.76 Å². The predicted octanol–water partition coefficient (Wildman–Crippen LogP) is 6.53. The highest BCUT2D eigenvalue weighted by Crippen LogP contribution is 2.46. The molecule has 0 bridgehead atoms. The summed E-state index contributed by atoms with van der Waals surface area (Å²) in [7, 11) is 0. The number of hydrogen-bond donors (Lipinski definition) is 0. The van der Waals surface area contributed by atoms with Crippen molar-refractivity contribution in [3.8, 4) is 0 Å². The monoisotopic (exact) mass is 683 g/mol. The van der Waals surface area contributed by atoms with Crippen LogP contribution in [0.1, 0.15) is 28.8 Å².